The van der Waals surface area contributed by atoms with Crippen LogP contribution in [0.5, 0.6) is 0 Å². The minimum atomic E-state index is -3.77. The van der Waals surface area contributed by atoms with E-state index in [1.54, 1.807) is 44.4 Å². The maximum absolute atomic E-state index is 13.0. The number of rotatable bonds is 3. The number of fused-ring (bicyclic) bond motifs is 1. The summed E-state index contributed by atoms with van der Waals surface area (Å²) in [5.74, 6) is 0. The zero-order valence-corrected chi connectivity index (χ0v) is 15.8. The molecule has 0 saturated heterocycles. The molecule has 0 amide bonds. The van der Waals surface area contributed by atoms with Gasteiger partial charge in [-0.1, -0.05) is 18.2 Å². The summed E-state index contributed by atoms with van der Waals surface area (Å²) in [5, 5.41) is 0. The molecule has 3 aromatic rings. The van der Waals surface area contributed by atoms with Gasteiger partial charge in [-0.15, -0.1) is 0 Å². The Hall–Kier alpha value is -2.06. The zero-order valence-electron chi connectivity index (χ0n) is 13.4. The van der Waals surface area contributed by atoms with E-state index in [1.165, 1.54) is 26.6 Å². The fourth-order valence-electron chi connectivity index (χ4n) is 2.62. The summed E-state index contributed by atoms with van der Waals surface area (Å²) in [5.41, 5.74) is 1.58. The second-order valence-corrected chi connectivity index (χ2v) is 8.27. The molecule has 3 rings (SSSR count). The molecule has 24 heavy (non-hydrogen) atoms. The number of anilines is 1. The average Bonchev–Trinajstić information content (AvgIpc) is 2.78. The van der Waals surface area contributed by atoms with E-state index >= 15 is 0 Å². The molecule has 0 N–H and O–H groups in total. The predicted molar refractivity (Wildman–Crippen MR) is 97.9 cm³/mol. The first-order chi connectivity index (χ1) is 11.2. The lowest BCUT2D eigenvalue weighted by molar-refractivity contribution is 0.594. The number of aromatic nitrogens is 2. The lowest BCUT2D eigenvalue weighted by atomic mass is 10.3. The monoisotopic (exact) mass is 409 g/mol. The SMILES string of the molecule is CN(c1ccccc1)S(=O)(=O)c1cc2c(cc1Br)n(C)c(=O)n2C. The van der Waals surface area contributed by atoms with Crippen LogP contribution in [0.25, 0.3) is 11.0 Å². The van der Waals surface area contributed by atoms with Crippen LogP contribution < -0.4 is 9.99 Å². The standard InChI is InChI=1S/C16H16BrN3O3S/c1-18-13-9-12(17)15(10-14(13)19(2)16(18)21)24(22,23)20(3)11-7-5-4-6-8-11/h4-10H,1-3H3. The van der Waals surface area contributed by atoms with Crippen molar-refractivity contribution in [1.82, 2.24) is 9.13 Å². The van der Waals surface area contributed by atoms with E-state index in [-0.39, 0.29) is 10.6 Å². The van der Waals surface area contributed by atoms with Gasteiger partial charge in [-0.3, -0.25) is 13.4 Å². The molecule has 0 aliphatic heterocycles. The lowest BCUT2D eigenvalue weighted by Gasteiger charge is -2.20. The van der Waals surface area contributed by atoms with E-state index in [0.717, 1.165) is 0 Å². The van der Waals surface area contributed by atoms with Gasteiger partial charge >= 0.3 is 5.69 Å². The predicted octanol–water partition coefficient (Wildman–Crippen LogP) is 2.46. The lowest BCUT2D eigenvalue weighted by Crippen LogP contribution is -2.26. The Bertz CT molecular complexity index is 1090. The summed E-state index contributed by atoms with van der Waals surface area (Å²) in [4.78, 5) is 12.2. The highest BCUT2D eigenvalue weighted by molar-refractivity contribution is 9.10. The van der Waals surface area contributed by atoms with Crippen molar-refractivity contribution in [3.63, 3.8) is 0 Å². The molecule has 0 aliphatic carbocycles. The fraction of sp³-hybridized carbons (Fsp3) is 0.188. The van der Waals surface area contributed by atoms with Crippen molar-refractivity contribution in [3.05, 3.63) is 57.4 Å². The fourth-order valence-corrected chi connectivity index (χ4v) is 4.83. The Morgan fingerprint density at radius 1 is 1.00 bits per heavy atom. The summed E-state index contributed by atoms with van der Waals surface area (Å²) in [6, 6.07) is 12.0. The summed E-state index contributed by atoms with van der Waals surface area (Å²) >= 11 is 3.33. The number of imidazole rings is 1. The molecule has 126 valence electrons. The number of nitrogens with zero attached hydrogens (tertiary/aromatic N) is 3. The van der Waals surface area contributed by atoms with Crippen molar-refractivity contribution in [1.29, 1.82) is 0 Å². The minimum absolute atomic E-state index is 0.113. The third-order valence-corrected chi connectivity index (χ3v) is 6.83. The van der Waals surface area contributed by atoms with Crippen LogP contribution in [0.2, 0.25) is 0 Å². The summed E-state index contributed by atoms with van der Waals surface area (Å²) in [6.07, 6.45) is 0. The van der Waals surface area contributed by atoms with Gasteiger partial charge in [0.1, 0.15) is 4.90 Å². The molecule has 0 bridgehead atoms. The van der Waals surface area contributed by atoms with Crippen molar-refractivity contribution < 1.29 is 8.42 Å². The van der Waals surface area contributed by atoms with Gasteiger partial charge in [-0.2, -0.15) is 0 Å². The van der Waals surface area contributed by atoms with Crippen LogP contribution in [0.15, 0.2) is 56.6 Å². The van der Waals surface area contributed by atoms with Crippen LogP contribution in [0, 0.1) is 0 Å². The quantitative estimate of drug-likeness (QED) is 0.667. The second kappa shape index (κ2) is 5.78. The van der Waals surface area contributed by atoms with E-state index in [1.807, 2.05) is 6.07 Å². The average molecular weight is 410 g/mol. The van der Waals surface area contributed by atoms with E-state index in [0.29, 0.717) is 21.2 Å². The maximum atomic E-state index is 13.0. The number of halogens is 1. The largest absolute Gasteiger partial charge is 0.328 e. The topological polar surface area (TPSA) is 64.3 Å². The van der Waals surface area contributed by atoms with Crippen molar-refractivity contribution in [2.75, 3.05) is 11.4 Å². The van der Waals surface area contributed by atoms with Crippen LogP contribution in [0.4, 0.5) is 5.69 Å². The van der Waals surface area contributed by atoms with Crippen molar-refractivity contribution in [2.45, 2.75) is 4.90 Å². The number of benzene rings is 2. The van der Waals surface area contributed by atoms with Crippen LogP contribution in [0.3, 0.4) is 0 Å². The van der Waals surface area contributed by atoms with E-state index in [2.05, 4.69) is 15.9 Å². The Morgan fingerprint density at radius 3 is 2.12 bits per heavy atom. The highest BCUT2D eigenvalue weighted by Gasteiger charge is 2.25. The van der Waals surface area contributed by atoms with Gasteiger partial charge in [0.05, 0.1) is 16.7 Å². The molecule has 0 spiro atoms. The second-order valence-electron chi connectivity index (χ2n) is 5.48. The molecule has 6 nitrogen and oxygen atoms in total. The Balaban J connectivity index is 2.23. The summed E-state index contributed by atoms with van der Waals surface area (Å²) in [7, 11) is 1.01. The smallest absolute Gasteiger partial charge is 0.295 e. The molecule has 0 radical (unpaired) electrons. The Labute approximate surface area is 148 Å². The Kier molecular flexibility index (Phi) is 4.05. The van der Waals surface area contributed by atoms with Gasteiger partial charge in [-0.05, 0) is 40.2 Å². The highest BCUT2D eigenvalue weighted by atomic mass is 79.9. The zero-order chi connectivity index (χ0) is 17.6. The first kappa shape index (κ1) is 16.8. The molecule has 0 fully saturated rings. The number of sulfonamides is 1. The highest BCUT2D eigenvalue weighted by Crippen LogP contribution is 2.31. The van der Waals surface area contributed by atoms with Crippen molar-refractivity contribution in [3.8, 4) is 0 Å². The molecule has 0 atom stereocenters. The number of hydrogen-bond donors (Lipinski definition) is 0. The third kappa shape index (κ3) is 2.46. The molecule has 0 unspecified atom stereocenters. The molecule has 2 aromatic carbocycles. The van der Waals surface area contributed by atoms with E-state index < -0.39 is 10.0 Å². The van der Waals surface area contributed by atoms with Gasteiger partial charge in [0.25, 0.3) is 10.0 Å². The molecule has 0 saturated carbocycles. The molecule has 0 aliphatic rings. The first-order valence-electron chi connectivity index (χ1n) is 7.14. The van der Waals surface area contributed by atoms with E-state index in [4.69, 9.17) is 0 Å². The molecular formula is C16H16BrN3O3S. The Morgan fingerprint density at radius 2 is 1.54 bits per heavy atom. The summed E-state index contributed by atoms with van der Waals surface area (Å²) < 4.78 is 30.6. The van der Waals surface area contributed by atoms with E-state index in [9.17, 15) is 13.2 Å². The molecular weight excluding hydrogens is 394 g/mol. The molecule has 1 aromatic heterocycles. The van der Waals surface area contributed by atoms with Crippen LogP contribution in [-0.4, -0.2) is 24.6 Å². The van der Waals surface area contributed by atoms with Gasteiger partial charge in [0, 0.05) is 25.6 Å². The van der Waals surface area contributed by atoms with Gasteiger partial charge in [0.2, 0.25) is 0 Å². The van der Waals surface area contributed by atoms with Gasteiger partial charge in [0.15, 0.2) is 0 Å². The third-order valence-electron chi connectivity index (χ3n) is 4.08. The maximum Gasteiger partial charge on any atom is 0.328 e. The van der Waals surface area contributed by atoms with Crippen molar-refractivity contribution in [2.24, 2.45) is 14.1 Å². The van der Waals surface area contributed by atoms with Crippen LogP contribution in [-0.2, 0) is 24.1 Å². The molecule has 8 heteroatoms. The first-order valence-corrected chi connectivity index (χ1v) is 9.37. The van der Waals surface area contributed by atoms with Crippen molar-refractivity contribution >= 4 is 42.7 Å². The normalized spacial score (nSPS) is 11.8. The van der Waals surface area contributed by atoms with Crippen LogP contribution >= 0.6 is 15.9 Å². The molecule has 1 heterocycles. The summed E-state index contributed by atoms with van der Waals surface area (Å²) in [6.45, 7) is 0. The number of aryl methyl sites for hydroxylation is 2. The minimum Gasteiger partial charge on any atom is -0.295 e. The number of hydrogen-bond acceptors (Lipinski definition) is 3. The van der Waals surface area contributed by atoms with Crippen LogP contribution in [0.1, 0.15) is 0 Å². The van der Waals surface area contributed by atoms with Gasteiger partial charge in [-0.25, -0.2) is 13.2 Å². The number of para-hydroxylation sites is 1. The van der Waals surface area contributed by atoms with Gasteiger partial charge < -0.3 is 0 Å².